The van der Waals surface area contributed by atoms with E-state index >= 15 is 0 Å². The zero-order valence-electron chi connectivity index (χ0n) is 24.0. The van der Waals surface area contributed by atoms with Gasteiger partial charge in [-0.1, -0.05) is 12.1 Å². The molecule has 0 bridgehead atoms. The molecule has 4 unspecified atom stereocenters. The summed E-state index contributed by atoms with van der Waals surface area (Å²) in [6.45, 7) is 1.25. The second kappa shape index (κ2) is 12.5. The van der Waals surface area contributed by atoms with Crippen LogP contribution in [0.25, 0.3) is 11.3 Å². The summed E-state index contributed by atoms with van der Waals surface area (Å²) in [6, 6.07) is 10.7. The van der Waals surface area contributed by atoms with Crippen molar-refractivity contribution in [1.82, 2.24) is 29.9 Å². The smallest absolute Gasteiger partial charge is 0.535 e. The number of aromatic nitrogens is 6. The molecule has 0 aromatic carbocycles. The van der Waals surface area contributed by atoms with E-state index in [1.54, 1.807) is 29.4 Å². The van der Waals surface area contributed by atoms with E-state index in [-0.39, 0.29) is 0 Å². The normalized spacial score (nSPS) is 24.0. The first-order valence-electron chi connectivity index (χ1n) is 14.1. The Labute approximate surface area is 269 Å². The molecule has 2 saturated heterocycles. The summed E-state index contributed by atoms with van der Waals surface area (Å²) in [4.78, 5) is 28.1. The summed E-state index contributed by atoms with van der Waals surface area (Å²) < 4.78 is 57.7. The van der Waals surface area contributed by atoms with E-state index in [4.69, 9.17) is 16.5 Å². The average molecular weight is 702 g/mol. The SMILES string of the molecule is Nc1cccc(-c2cnc(N3CC4C(C3)C4(F)F)nc2)n1.Nc1cccc(Br)n1.O[B]Oc1cnc(N2CC3C(C2)C3(F)F)nc1. The van der Waals surface area contributed by atoms with Crippen molar-refractivity contribution < 1.29 is 27.2 Å². The topological polar surface area (TPSA) is 165 Å². The molecule has 8 rings (SSSR count). The zero-order chi connectivity index (χ0) is 32.6. The largest absolute Gasteiger partial charge is 0.569 e. The monoisotopic (exact) mass is 701 g/mol. The van der Waals surface area contributed by atoms with Crippen molar-refractivity contribution in [3.8, 4) is 17.0 Å². The lowest BCUT2D eigenvalue weighted by Crippen LogP contribution is -2.28. The summed E-state index contributed by atoms with van der Waals surface area (Å²) in [6.07, 6.45) is 6.06. The maximum atomic E-state index is 13.2. The predicted octanol–water partition coefficient (Wildman–Crippen LogP) is 3.33. The van der Waals surface area contributed by atoms with Crippen LogP contribution in [0.15, 0.2) is 65.8 Å². The number of nitrogens with zero attached hydrogens (tertiary/aromatic N) is 8. The highest BCUT2D eigenvalue weighted by atomic mass is 79.9. The van der Waals surface area contributed by atoms with Crippen LogP contribution in [-0.4, -0.2) is 80.6 Å². The van der Waals surface area contributed by atoms with Crippen molar-refractivity contribution in [2.75, 3.05) is 47.4 Å². The van der Waals surface area contributed by atoms with Crippen LogP contribution >= 0.6 is 15.9 Å². The Kier molecular flexibility index (Phi) is 8.58. The molecule has 6 heterocycles. The summed E-state index contributed by atoms with van der Waals surface area (Å²) in [5.41, 5.74) is 12.4. The molecule has 239 valence electrons. The lowest BCUT2D eigenvalue weighted by molar-refractivity contribution is 0.0790. The molecule has 4 fully saturated rings. The summed E-state index contributed by atoms with van der Waals surface area (Å²) >= 11 is 3.17. The molecular weight excluding hydrogens is 675 g/mol. The molecule has 2 saturated carbocycles. The first kappa shape index (κ1) is 31.7. The van der Waals surface area contributed by atoms with Gasteiger partial charge < -0.3 is 30.9 Å². The van der Waals surface area contributed by atoms with E-state index in [1.807, 2.05) is 29.2 Å². The van der Waals surface area contributed by atoms with Crippen LogP contribution in [0.1, 0.15) is 0 Å². The van der Waals surface area contributed by atoms with Crippen molar-refractivity contribution in [2.45, 2.75) is 11.8 Å². The van der Waals surface area contributed by atoms with Gasteiger partial charge in [-0.2, -0.15) is 0 Å². The van der Waals surface area contributed by atoms with Crippen LogP contribution in [0.3, 0.4) is 0 Å². The molecule has 4 aromatic rings. The Hall–Kier alpha value is -4.32. The quantitative estimate of drug-likeness (QED) is 0.158. The Morgan fingerprint density at radius 1 is 0.739 bits per heavy atom. The molecule has 5 N–H and O–H groups in total. The summed E-state index contributed by atoms with van der Waals surface area (Å²) in [5.74, 6) is -4.96. The van der Waals surface area contributed by atoms with Gasteiger partial charge in [-0.05, 0) is 40.2 Å². The van der Waals surface area contributed by atoms with Gasteiger partial charge in [-0.3, -0.25) is 0 Å². The van der Waals surface area contributed by atoms with Gasteiger partial charge in [0.05, 0.1) is 41.8 Å². The number of pyridine rings is 2. The number of piperidine rings is 2. The van der Waals surface area contributed by atoms with Gasteiger partial charge in [-0.25, -0.2) is 47.5 Å². The van der Waals surface area contributed by atoms with Gasteiger partial charge in [0.2, 0.25) is 11.9 Å². The highest BCUT2D eigenvalue weighted by Crippen LogP contribution is 2.60. The Balaban J connectivity index is 0.000000133. The van der Waals surface area contributed by atoms with Crippen molar-refractivity contribution >= 4 is 47.1 Å². The third-order valence-corrected chi connectivity index (χ3v) is 8.65. The van der Waals surface area contributed by atoms with Crippen molar-refractivity contribution in [3.63, 3.8) is 0 Å². The van der Waals surface area contributed by atoms with Crippen LogP contribution in [0.4, 0.5) is 41.1 Å². The molecule has 2 aliphatic carbocycles. The molecule has 46 heavy (non-hydrogen) atoms. The predicted molar refractivity (Wildman–Crippen MR) is 165 cm³/mol. The van der Waals surface area contributed by atoms with Crippen LogP contribution in [0, 0.1) is 23.7 Å². The Morgan fingerprint density at radius 2 is 1.20 bits per heavy atom. The highest BCUT2D eigenvalue weighted by Gasteiger charge is 2.72. The number of hydrogen-bond acceptors (Lipinski definition) is 12. The van der Waals surface area contributed by atoms with Gasteiger partial charge in [0.1, 0.15) is 22.0 Å². The van der Waals surface area contributed by atoms with Crippen molar-refractivity contribution in [1.29, 1.82) is 0 Å². The van der Waals surface area contributed by atoms with Crippen molar-refractivity contribution in [3.05, 3.63) is 65.8 Å². The van der Waals surface area contributed by atoms with E-state index in [0.29, 0.717) is 68.8 Å². The Morgan fingerprint density at radius 3 is 1.61 bits per heavy atom. The van der Waals surface area contributed by atoms with Crippen LogP contribution < -0.4 is 25.9 Å². The Bertz CT molecular complexity index is 1630. The van der Waals surface area contributed by atoms with Gasteiger partial charge >= 0.3 is 7.69 Å². The molecule has 18 heteroatoms. The van der Waals surface area contributed by atoms with Gasteiger partial charge in [0, 0.05) is 44.1 Å². The first-order valence-corrected chi connectivity index (χ1v) is 14.9. The lowest BCUT2D eigenvalue weighted by Gasteiger charge is -2.19. The molecule has 4 aliphatic rings. The third kappa shape index (κ3) is 6.62. The van der Waals surface area contributed by atoms with Gasteiger partial charge in [0.15, 0.2) is 0 Å². The highest BCUT2D eigenvalue weighted by molar-refractivity contribution is 9.10. The van der Waals surface area contributed by atoms with E-state index in [9.17, 15) is 17.6 Å². The molecular formula is C28H27BBrF4N10O2. The maximum Gasteiger partial charge on any atom is 0.569 e. The fourth-order valence-corrected chi connectivity index (χ4v) is 5.95. The summed E-state index contributed by atoms with van der Waals surface area (Å²) in [7, 11) is 0.532. The molecule has 12 nitrogen and oxygen atoms in total. The number of anilines is 4. The molecule has 4 atom stereocenters. The van der Waals surface area contributed by atoms with E-state index < -0.39 is 35.5 Å². The third-order valence-electron chi connectivity index (χ3n) is 8.21. The second-order valence-electron chi connectivity index (χ2n) is 11.1. The number of nitrogens with two attached hydrogens (primary N) is 2. The maximum absolute atomic E-state index is 13.2. The number of hydrogen-bond donors (Lipinski definition) is 3. The zero-order valence-corrected chi connectivity index (χ0v) is 25.6. The molecule has 4 aromatic heterocycles. The minimum absolute atomic E-state index is 0.296. The van der Waals surface area contributed by atoms with Gasteiger partial charge in [-0.15, -0.1) is 0 Å². The van der Waals surface area contributed by atoms with Crippen molar-refractivity contribution in [2.24, 2.45) is 23.7 Å². The number of fused-ring (bicyclic) bond motifs is 2. The average Bonchev–Trinajstić information content (AvgIpc) is 3.49. The number of alkyl halides is 4. The minimum atomic E-state index is -2.49. The van der Waals surface area contributed by atoms with Crippen LogP contribution in [0.2, 0.25) is 0 Å². The number of halogens is 5. The van der Waals surface area contributed by atoms with Crippen LogP contribution in [0.5, 0.6) is 5.75 Å². The van der Waals surface area contributed by atoms with E-state index in [2.05, 4.69) is 50.5 Å². The van der Waals surface area contributed by atoms with E-state index in [0.717, 1.165) is 10.2 Å². The fraction of sp³-hybridized carbons (Fsp3) is 0.357. The first-order chi connectivity index (χ1) is 22.0. The van der Waals surface area contributed by atoms with E-state index in [1.165, 1.54) is 12.4 Å². The molecule has 0 amide bonds. The molecule has 2 aliphatic heterocycles. The minimum Gasteiger partial charge on any atom is -0.535 e. The molecule has 1 radical (unpaired) electrons. The lowest BCUT2D eigenvalue weighted by atomic mass is 10.2. The van der Waals surface area contributed by atoms with Gasteiger partial charge in [0.25, 0.3) is 11.8 Å². The number of nitrogen functional groups attached to an aromatic ring is 2. The second-order valence-corrected chi connectivity index (χ2v) is 11.9. The molecule has 0 spiro atoms. The van der Waals surface area contributed by atoms with Crippen LogP contribution in [-0.2, 0) is 0 Å². The standard InChI is InChI=1S/C14H13F2N5.C9H9BF2N3O2.C5H5BrN2/c15-14(16)9-6-21(7-10(9)14)13-18-4-8(5-19-13)11-2-1-3-12(17)20-11;11-9(12)6-3-15(4-7(6)9)8-13-1-5(2-14-8)17-10-16;6-4-2-1-3-5(7)8-4/h1-5,9-10H,6-7H2,(H2,17,20);1-2,6-7,16H,3-4H2;1-3H,(H2,7,8). The number of rotatable bonds is 5. The summed E-state index contributed by atoms with van der Waals surface area (Å²) in [5, 5.41) is 8.40. The fourth-order valence-electron chi connectivity index (χ4n) is 5.59.